The van der Waals surface area contributed by atoms with E-state index in [2.05, 4.69) is 0 Å². The normalized spacial score (nSPS) is 46.5. The van der Waals surface area contributed by atoms with Gasteiger partial charge in [-0.05, 0) is 99.7 Å². The van der Waals surface area contributed by atoms with Gasteiger partial charge < -0.3 is 5.73 Å². The smallest absolute Gasteiger partial charge is 0.220 e. The number of allylic oxidation sites excluding steroid dienone is 2. The Morgan fingerprint density at radius 1 is 0.760 bits per heavy atom. The van der Waals surface area contributed by atoms with Crippen molar-refractivity contribution in [3.63, 3.8) is 0 Å². The standard InChI is InChI=1S/C23H35NO/c24-23(25)16-6-5-15-8-10-20-19-9-7-14-3-1-2-4-17(14)18(19)11-12-21(20)22(15)13-16/h14-20H,1-13H2,(H2,24,25). The molecule has 0 saturated heterocycles. The van der Waals surface area contributed by atoms with Gasteiger partial charge in [-0.2, -0.15) is 0 Å². The van der Waals surface area contributed by atoms with Crippen molar-refractivity contribution in [3.05, 3.63) is 11.1 Å². The van der Waals surface area contributed by atoms with E-state index >= 15 is 0 Å². The fraction of sp³-hybridized carbons (Fsp3) is 0.870. The molecule has 2 heteroatoms. The Labute approximate surface area is 153 Å². The maximum atomic E-state index is 11.8. The third-order valence-corrected chi connectivity index (χ3v) is 9.11. The lowest BCUT2D eigenvalue weighted by molar-refractivity contribution is -0.122. The highest BCUT2D eigenvalue weighted by Gasteiger charge is 2.48. The van der Waals surface area contributed by atoms with E-state index in [0.717, 1.165) is 48.3 Å². The second-order valence-electron chi connectivity index (χ2n) is 9.96. The number of nitrogens with two attached hydrogens (primary N) is 1. The SMILES string of the molecule is NC(=O)C1CCC2CCC3C(=C2C1)CCC1C2CCCCC2CCC31. The summed E-state index contributed by atoms with van der Waals surface area (Å²) >= 11 is 0. The highest BCUT2D eigenvalue weighted by Crippen LogP contribution is 2.58. The summed E-state index contributed by atoms with van der Waals surface area (Å²) in [5, 5.41) is 0. The minimum Gasteiger partial charge on any atom is -0.369 e. The van der Waals surface area contributed by atoms with Crippen LogP contribution in [0.4, 0.5) is 0 Å². The van der Waals surface area contributed by atoms with Crippen LogP contribution in [0.2, 0.25) is 0 Å². The number of fused-ring (bicyclic) bond motifs is 6. The quantitative estimate of drug-likeness (QED) is 0.653. The van der Waals surface area contributed by atoms with E-state index in [9.17, 15) is 4.79 Å². The number of carbonyl (C=O) groups excluding carboxylic acids is 1. The zero-order valence-electron chi connectivity index (χ0n) is 15.7. The molecule has 2 nitrogen and oxygen atoms in total. The van der Waals surface area contributed by atoms with Crippen LogP contribution in [0, 0.1) is 41.4 Å². The molecule has 7 atom stereocenters. The van der Waals surface area contributed by atoms with Crippen LogP contribution in [0.3, 0.4) is 0 Å². The highest BCUT2D eigenvalue weighted by atomic mass is 16.1. The summed E-state index contributed by atoms with van der Waals surface area (Å²) in [7, 11) is 0. The molecule has 5 aliphatic rings. The number of carbonyl (C=O) groups is 1. The monoisotopic (exact) mass is 341 g/mol. The molecule has 25 heavy (non-hydrogen) atoms. The maximum Gasteiger partial charge on any atom is 0.220 e. The Morgan fingerprint density at radius 2 is 1.60 bits per heavy atom. The van der Waals surface area contributed by atoms with Crippen LogP contribution < -0.4 is 5.73 Å². The van der Waals surface area contributed by atoms with E-state index in [-0.39, 0.29) is 11.8 Å². The topological polar surface area (TPSA) is 43.1 Å². The molecule has 1 amide bonds. The van der Waals surface area contributed by atoms with Gasteiger partial charge in [-0.25, -0.2) is 0 Å². The molecule has 0 radical (unpaired) electrons. The van der Waals surface area contributed by atoms with Gasteiger partial charge in [0.15, 0.2) is 0 Å². The van der Waals surface area contributed by atoms with Crippen LogP contribution >= 0.6 is 0 Å². The fourth-order valence-corrected chi connectivity index (χ4v) is 8.02. The molecule has 4 fully saturated rings. The molecule has 0 spiro atoms. The lowest BCUT2D eigenvalue weighted by Crippen LogP contribution is -2.44. The van der Waals surface area contributed by atoms with E-state index in [4.69, 9.17) is 5.73 Å². The van der Waals surface area contributed by atoms with Gasteiger partial charge in [-0.1, -0.05) is 30.4 Å². The summed E-state index contributed by atoms with van der Waals surface area (Å²) in [5.41, 5.74) is 9.22. The summed E-state index contributed by atoms with van der Waals surface area (Å²) in [6, 6.07) is 0. The molecule has 0 heterocycles. The molecule has 0 aliphatic heterocycles. The van der Waals surface area contributed by atoms with Crippen LogP contribution in [0.25, 0.3) is 0 Å². The molecule has 138 valence electrons. The maximum absolute atomic E-state index is 11.8. The van der Waals surface area contributed by atoms with E-state index in [0.29, 0.717) is 0 Å². The molecule has 7 unspecified atom stereocenters. The largest absolute Gasteiger partial charge is 0.369 e. The third-order valence-electron chi connectivity index (χ3n) is 9.11. The van der Waals surface area contributed by atoms with Crippen LogP contribution in [-0.2, 0) is 4.79 Å². The number of hydrogen-bond donors (Lipinski definition) is 1. The molecule has 2 N–H and O–H groups in total. The molecule has 0 aromatic carbocycles. The zero-order chi connectivity index (χ0) is 17.0. The van der Waals surface area contributed by atoms with E-state index in [1.54, 1.807) is 5.57 Å². The molecule has 5 rings (SSSR count). The Kier molecular flexibility index (Phi) is 4.21. The van der Waals surface area contributed by atoms with Crippen LogP contribution in [-0.4, -0.2) is 5.91 Å². The average molecular weight is 342 g/mol. The fourth-order valence-electron chi connectivity index (χ4n) is 8.02. The molecule has 5 aliphatic carbocycles. The van der Waals surface area contributed by atoms with Gasteiger partial charge in [0.05, 0.1) is 0 Å². The minimum absolute atomic E-state index is 0.0509. The average Bonchev–Trinajstić information content (AvgIpc) is 2.66. The van der Waals surface area contributed by atoms with Crippen molar-refractivity contribution in [1.29, 1.82) is 0 Å². The van der Waals surface area contributed by atoms with Crippen molar-refractivity contribution in [1.82, 2.24) is 0 Å². The third kappa shape index (κ3) is 2.70. The minimum atomic E-state index is -0.0509. The second kappa shape index (κ2) is 6.43. The Hall–Kier alpha value is -0.790. The van der Waals surface area contributed by atoms with Crippen LogP contribution in [0.5, 0.6) is 0 Å². The van der Waals surface area contributed by atoms with Gasteiger partial charge in [0.25, 0.3) is 0 Å². The molecule has 0 aromatic heterocycles. The van der Waals surface area contributed by atoms with Gasteiger partial charge in [-0.3, -0.25) is 4.79 Å². The van der Waals surface area contributed by atoms with Gasteiger partial charge in [-0.15, -0.1) is 0 Å². The van der Waals surface area contributed by atoms with E-state index < -0.39 is 0 Å². The van der Waals surface area contributed by atoms with Gasteiger partial charge in [0, 0.05) is 5.92 Å². The predicted octanol–water partition coefficient (Wildman–Crippen LogP) is 5.22. The predicted molar refractivity (Wildman–Crippen MR) is 101 cm³/mol. The number of primary amides is 1. The lowest BCUT2D eigenvalue weighted by Gasteiger charge is -2.54. The Morgan fingerprint density at radius 3 is 2.48 bits per heavy atom. The first-order chi connectivity index (χ1) is 12.2. The first kappa shape index (κ1) is 16.4. The first-order valence-corrected chi connectivity index (χ1v) is 11.2. The van der Waals surface area contributed by atoms with Crippen molar-refractivity contribution in [3.8, 4) is 0 Å². The van der Waals surface area contributed by atoms with Crippen molar-refractivity contribution in [2.75, 3.05) is 0 Å². The van der Waals surface area contributed by atoms with Crippen LogP contribution in [0.15, 0.2) is 11.1 Å². The Bertz CT molecular complexity index is 579. The van der Waals surface area contributed by atoms with Crippen molar-refractivity contribution < 1.29 is 4.79 Å². The zero-order valence-corrected chi connectivity index (χ0v) is 15.7. The van der Waals surface area contributed by atoms with Gasteiger partial charge in [0.1, 0.15) is 0 Å². The summed E-state index contributed by atoms with van der Waals surface area (Å²) in [6.45, 7) is 0. The van der Waals surface area contributed by atoms with Crippen molar-refractivity contribution in [2.24, 2.45) is 47.2 Å². The summed E-state index contributed by atoms with van der Waals surface area (Å²) < 4.78 is 0. The number of amides is 1. The highest BCUT2D eigenvalue weighted by molar-refractivity contribution is 5.77. The molecular weight excluding hydrogens is 306 g/mol. The Balaban J connectivity index is 1.41. The number of rotatable bonds is 1. The molecule has 4 saturated carbocycles. The molecule has 0 aromatic rings. The summed E-state index contributed by atoms with van der Waals surface area (Å²) in [4.78, 5) is 11.8. The van der Waals surface area contributed by atoms with E-state index in [1.807, 2.05) is 5.57 Å². The van der Waals surface area contributed by atoms with E-state index in [1.165, 1.54) is 70.6 Å². The van der Waals surface area contributed by atoms with Crippen molar-refractivity contribution in [2.45, 2.75) is 83.5 Å². The number of hydrogen-bond acceptors (Lipinski definition) is 1. The molecular formula is C23H35NO. The lowest BCUT2D eigenvalue weighted by atomic mass is 9.51. The summed E-state index contributed by atoms with van der Waals surface area (Å²) in [6.07, 6.45) is 18.0. The second-order valence-corrected chi connectivity index (χ2v) is 9.96. The first-order valence-electron chi connectivity index (χ1n) is 11.2. The summed E-state index contributed by atoms with van der Waals surface area (Å²) in [5.74, 6) is 5.88. The molecule has 0 bridgehead atoms. The van der Waals surface area contributed by atoms with Gasteiger partial charge >= 0.3 is 0 Å². The van der Waals surface area contributed by atoms with Crippen LogP contribution in [0.1, 0.15) is 83.5 Å². The van der Waals surface area contributed by atoms with Gasteiger partial charge in [0.2, 0.25) is 5.91 Å². The van der Waals surface area contributed by atoms with Crippen molar-refractivity contribution >= 4 is 5.91 Å².